The van der Waals surface area contributed by atoms with Gasteiger partial charge in [0.1, 0.15) is 5.82 Å². The molecule has 0 aliphatic rings. The van der Waals surface area contributed by atoms with E-state index in [2.05, 4.69) is 21.7 Å². The Kier molecular flexibility index (Phi) is 3.53. The van der Waals surface area contributed by atoms with Crippen LogP contribution in [0, 0.1) is 11.3 Å². The number of nitriles is 1. The van der Waals surface area contributed by atoms with Gasteiger partial charge in [-0.3, -0.25) is 4.98 Å². The molecule has 24 heavy (non-hydrogen) atoms. The number of para-hydroxylation sites is 2. The summed E-state index contributed by atoms with van der Waals surface area (Å²) in [6.07, 6.45) is 3.59. The van der Waals surface area contributed by atoms with Gasteiger partial charge in [-0.1, -0.05) is 24.3 Å². The van der Waals surface area contributed by atoms with Gasteiger partial charge in [0, 0.05) is 24.5 Å². The van der Waals surface area contributed by atoms with E-state index in [9.17, 15) is 0 Å². The van der Waals surface area contributed by atoms with E-state index < -0.39 is 0 Å². The van der Waals surface area contributed by atoms with Crippen molar-refractivity contribution >= 4 is 11.0 Å². The molecule has 114 valence electrons. The number of hydrogen-bond acceptors (Lipinski definition) is 3. The molecule has 0 radical (unpaired) electrons. The van der Waals surface area contributed by atoms with Crippen molar-refractivity contribution in [1.29, 1.82) is 5.26 Å². The van der Waals surface area contributed by atoms with E-state index >= 15 is 0 Å². The van der Waals surface area contributed by atoms with Gasteiger partial charge >= 0.3 is 0 Å². The highest BCUT2D eigenvalue weighted by atomic mass is 15.1. The Morgan fingerprint density at radius 2 is 1.79 bits per heavy atom. The summed E-state index contributed by atoms with van der Waals surface area (Å²) in [7, 11) is 0. The fourth-order valence-electron chi connectivity index (χ4n) is 2.82. The zero-order valence-corrected chi connectivity index (χ0v) is 12.9. The van der Waals surface area contributed by atoms with Crippen LogP contribution in [0.5, 0.6) is 0 Å². The summed E-state index contributed by atoms with van der Waals surface area (Å²) in [5.41, 5.74) is 4.83. The highest BCUT2D eigenvalue weighted by molar-refractivity contribution is 5.80. The predicted octanol–water partition coefficient (Wildman–Crippen LogP) is 4.02. The first-order valence-electron chi connectivity index (χ1n) is 7.70. The molecule has 4 rings (SSSR count). The first-order chi connectivity index (χ1) is 11.8. The van der Waals surface area contributed by atoms with Crippen molar-refractivity contribution in [2.75, 3.05) is 0 Å². The number of fused-ring (bicyclic) bond motifs is 1. The van der Waals surface area contributed by atoms with Gasteiger partial charge in [0.05, 0.1) is 22.7 Å². The van der Waals surface area contributed by atoms with Gasteiger partial charge in [-0.2, -0.15) is 5.26 Å². The molecule has 4 aromatic rings. The molecule has 2 aromatic carbocycles. The van der Waals surface area contributed by atoms with Crippen molar-refractivity contribution in [3.8, 4) is 17.5 Å². The van der Waals surface area contributed by atoms with Gasteiger partial charge in [-0.05, 0) is 42.0 Å². The summed E-state index contributed by atoms with van der Waals surface area (Å²) in [6.45, 7) is 0.691. The Hall–Kier alpha value is -3.45. The number of pyridine rings is 1. The molecule has 0 atom stereocenters. The molecule has 4 nitrogen and oxygen atoms in total. The van der Waals surface area contributed by atoms with Crippen LogP contribution in [-0.4, -0.2) is 14.5 Å². The molecule has 0 N–H and O–H groups in total. The third-order valence-electron chi connectivity index (χ3n) is 4.00. The lowest BCUT2D eigenvalue weighted by Crippen LogP contribution is -2.02. The zero-order chi connectivity index (χ0) is 16.4. The van der Waals surface area contributed by atoms with Crippen LogP contribution >= 0.6 is 0 Å². The second-order valence-corrected chi connectivity index (χ2v) is 5.56. The van der Waals surface area contributed by atoms with Crippen LogP contribution in [0.25, 0.3) is 22.4 Å². The minimum Gasteiger partial charge on any atom is -0.319 e. The summed E-state index contributed by atoms with van der Waals surface area (Å²) in [6, 6.07) is 21.9. The van der Waals surface area contributed by atoms with Crippen molar-refractivity contribution in [2.45, 2.75) is 6.54 Å². The Morgan fingerprint density at radius 1 is 0.958 bits per heavy atom. The largest absolute Gasteiger partial charge is 0.319 e. The summed E-state index contributed by atoms with van der Waals surface area (Å²) in [5.74, 6) is 0.897. The molecule has 0 amide bonds. The van der Waals surface area contributed by atoms with Crippen molar-refractivity contribution in [3.63, 3.8) is 0 Å². The van der Waals surface area contributed by atoms with Crippen molar-refractivity contribution in [2.24, 2.45) is 0 Å². The smallest absolute Gasteiger partial charge is 0.143 e. The average Bonchev–Trinajstić information content (AvgIpc) is 3.02. The Balaban J connectivity index is 1.84. The van der Waals surface area contributed by atoms with Gasteiger partial charge in [-0.25, -0.2) is 4.98 Å². The van der Waals surface area contributed by atoms with E-state index in [-0.39, 0.29) is 0 Å². The first-order valence-corrected chi connectivity index (χ1v) is 7.70. The highest BCUT2D eigenvalue weighted by Crippen LogP contribution is 2.25. The maximum atomic E-state index is 8.95. The maximum Gasteiger partial charge on any atom is 0.143 e. The van der Waals surface area contributed by atoms with E-state index in [4.69, 9.17) is 10.2 Å². The summed E-state index contributed by atoms with van der Waals surface area (Å²) in [5, 5.41) is 8.95. The molecule has 0 saturated heterocycles. The average molecular weight is 310 g/mol. The molecular formula is C20H14N4. The lowest BCUT2D eigenvalue weighted by molar-refractivity contribution is 0.833. The normalized spacial score (nSPS) is 10.6. The van der Waals surface area contributed by atoms with Crippen LogP contribution in [0.2, 0.25) is 0 Å². The topological polar surface area (TPSA) is 54.5 Å². The SMILES string of the molecule is N#Cc1ccc(Cn2c(-c3cccnc3)nc3ccccc32)cc1. The second kappa shape index (κ2) is 5.98. The van der Waals surface area contributed by atoms with E-state index in [1.165, 1.54) is 0 Å². The lowest BCUT2D eigenvalue weighted by atomic mass is 10.1. The van der Waals surface area contributed by atoms with Crippen LogP contribution in [0.15, 0.2) is 73.1 Å². The molecule has 4 heteroatoms. The number of aromatic nitrogens is 3. The molecule has 0 bridgehead atoms. The van der Waals surface area contributed by atoms with Crippen LogP contribution in [0.1, 0.15) is 11.1 Å². The van der Waals surface area contributed by atoms with Crippen molar-refractivity contribution < 1.29 is 0 Å². The third kappa shape index (κ3) is 2.53. The van der Waals surface area contributed by atoms with E-state index in [0.717, 1.165) is 28.0 Å². The van der Waals surface area contributed by atoms with Gasteiger partial charge in [-0.15, -0.1) is 0 Å². The monoisotopic (exact) mass is 310 g/mol. The number of nitrogens with zero attached hydrogens (tertiary/aromatic N) is 4. The fraction of sp³-hybridized carbons (Fsp3) is 0.0500. The first kappa shape index (κ1) is 14.2. The zero-order valence-electron chi connectivity index (χ0n) is 12.9. The summed E-state index contributed by atoms with van der Waals surface area (Å²) < 4.78 is 2.19. The molecule has 0 fully saturated rings. The molecule has 0 unspecified atom stereocenters. The van der Waals surface area contributed by atoms with E-state index in [1.54, 1.807) is 6.20 Å². The number of hydrogen-bond donors (Lipinski definition) is 0. The second-order valence-electron chi connectivity index (χ2n) is 5.56. The standard InChI is InChI=1S/C20H14N4/c21-12-15-7-9-16(10-8-15)14-24-19-6-2-1-5-18(19)23-20(24)17-4-3-11-22-13-17/h1-11,13H,14H2. The van der Waals surface area contributed by atoms with Gasteiger partial charge < -0.3 is 4.57 Å². The predicted molar refractivity (Wildman–Crippen MR) is 93.2 cm³/mol. The molecule has 2 aromatic heterocycles. The minimum absolute atomic E-state index is 0.668. The minimum atomic E-state index is 0.668. The van der Waals surface area contributed by atoms with Crippen molar-refractivity contribution in [1.82, 2.24) is 14.5 Å². The molecule has 0 aliphatic heterocycles. The third-order valence-corrected chi connectivity index (χ3v) is 4.00. The van der Waals surface area contributed by atoms with E-state index in [0.29, 0.717) is 12.1 Å². The lowest BCUT2D eigenvalue weighted by Gasteiger charge is -2.09. The van der Waals surface area contributed by atoms with Crippen LogP contribution in [0.3, 0.4) is 0 Å². The highest BCUT2D eigenvalue weighted by Gasteiger charge is 2.12. The van der Waals surface area contributed by atoms with Crippen LogP contribution in [-0.2, 0) is 6.54 Å². The van der Waals surface area contributed by atoms with Gasteiger partial charge in [0.15, 0.2) is 0 Å². The molecule has 0 spiro atoms. The Labute approximate surface area is 139 Å². The van der Waals surface area contributed by atoms with Crippen LogP contribution < -0.4 is 0 Å². The van der Waals surface area contributed by atoms with E-state index in [1.807, 2.05) is 60.8 Å². The van der Waals surface area contributed by atoms with Crippen LogP contribution in [0.4, 0.5) is 0 Å². The van der Waals surface area contributed by atoms with Gasteiger partial charge in [0.2, 0.25) is 0 Å². The number of imidazole rings is 1. The molecular weight excluding hydrogens is 296 g/mol. The molecule has 0 saturated carbocycles. The van der Waals surface area contributed by atoms with Gasteiger partial charge in [0.25, 0.3) is 0 Å². The summed E-state index contributed by atoms with van der Waals surface area (Å²) in [4.78, 5) is 9.00. The fourth-order valence-corrected chi connectivity index (χ4v) is 2.82. The molecule has 2 heterocycles. The Bertz CT molecular complexity index is 1020. The maximum absolute atomic E-state index is 8.95. The summed E-state index contributed by atoms with van der Waals surface area (Å²) >= 11 is 0. The Morgan fingerprint density at radius 3 is 2.54 bits per heavy atom. The quantitative estimate of drug-likeness (QED) is 0.574. The van der Waals surface area contributed by atoms with Crippen molar-refractivity contribution in [3.05, 3.63) is 84.2 Å². The molecule has 0 aliphatic carbocycles. The number of rotatable bonds is 3. The number of benzene rings is 2.